The topological polar surface area (TPSA) is 60.2 Å². The third-order valence-corrected chi connectivity index (χ3v) is 4.65. The molecule has 0 amide bonds. The fraction of sp³-hybridized carbons (Fsp3) is 0.417. The van der Waals surface area contributed by atoms with Crippen molar-refractivity contribution in [2.45, 2.75) is 12.6 Å². The number of aromatic nitrogens is 2. The summed E-state index contributed by atoms with van der Waals surface area (Å²) in [5.74, 6) is 0.840. The SMILES string of the molecule is CN(Cc1cnn(C)c1)C(CN)c1cc(Br)c(Br)o1. The molecule has 1 atom stereocenters. The van der Waals surface area contributed by atoms with Gasteiger partial charge in [-0.05, 0) is 45.0 Å². The van der Waals surface area contributed by atoms with Crippen LogP contribution in [0.3, 0.4) is 0 Å². The Labute approximate surface area is 129 Å². The summed E-state index contributed by atoms with van der Waals surface area (Å²) >= 11 is 6.77. The average molecular weight is 392 g/mol. The lowest BCUT2D eigenvalue weighted by Gasteiger charge is -2.24. The predicted molar refractivity (Wildman–Crippen MR) is 80.6 cm³/mol. The van der Waals surface area contributed by atoms with Crippen molar-refractivity contribution in [3.63, 3.8) is 0 Å². The standard InChI is InChI=1S/C12H16Br2N4O/c1-17(6-8-5-16-18(2)7-8)10(4-15)11-3-9(13)12(14)19-11/h3,5,7,10H,4,6,15H2,1-2H3. The molecule has 0 aromatic carbocycles. The minimum atomic E-state index is 0.0304. The van der Waals surface area contributed by atoms with Crippen LogP contribution in [0.25, 0.3) is 0 Å². The van der Waals surface area contributed by atoms with Gasteiger partial charge in [-0.2, -0.15) is 5.10 Å². The van der Waals surface area contributed by atoms with Crippen LogP contribution in [0.1, 0.15) is 17.4 Å². The molecule has 7 heteroatoms. The van der Waals surface area contributed by atoms with Crippen LogP contribution in [0, 0.1) is 0 Å². The molecular weight excluding hydrogens is 376 g/mol. The Hall–Kier alpha value is -0.630. The number of aryl methyl sites for hydroxylation is 1. The maximum Gasteiger partial charge on any atom is 0.183 e. The highest BCUT2D eigenvalue weighted by molar-refractivity contribution is 9.13. The first-order chi connectivity index (χ1) is 9.01. The monoisotopic (exact) mass is 390 g/mol. The fourth-order valence-corrected chi connectivity index (χ4v) is 2.60. The van der Waals surface area contributed by atoms with Gasteiger partial charge >= 0.3 is 0 Å². The van der Waals surface area contributed by atoms with Crippen LogP contribution in [0.4, 0.5) is 0 Å². The van der Waals surface area contributed by atoms with Gasteiger partial charge in [-0.1, -0.05) is 0 Å². The van der Waals surface area contributed by atoms with Gasteiger partial charge in [-0.15, -0.1) is 0 Å². The zero-order valence-corrected chi connectivity index (χ0v) is 14.0. The van der Waals surface area contributed by atoms with E-state index in [1.165, 1.54) is 0 Å². The second-order valence-corrected chi connectivity index (χ2v) is 6.03. The van der Waals surface area contributed by atoms with E-state index in [-0.39, 0.29) is 6.04 Å². The van der Waals surface area contributed by atoms with E-state index in [2.05, 4.69) is 41.9 Å². The summed E-state index contributed by atoms with van der Waals surface area (Å²) in [6.45, 7) is 1.26. The molecule has 0 fully saturated rings. The Morgan fingerprint density at radius 1 is 1.53 bits per heavy atom. The Balaban J connectivity index is 2.12. The van der Waals surface area contributed by atoms with Crippen molar-refractivity contribution in [1.82, 2.24) is 14.7 Å². The first-order valence-electron chi connectivity index (χ1n) is 5.83. The Kier molecular flexibility index (Phi) is 4.83. The lowest BCUT2D eigenvalue weighted by molar-refractivity contribution is 0.211. The second-order valence-electron chi connectivity index (χ2n) is 4.46. The molecule has 2 aromatic rings. The molecule has 0 aliphatic carbocycles. The van der Waals surface area contributed by atoms with Gasteiger partial charge in [0.25, 0.3) is 0 Å². The van der Waals surface area contributed by atoms with Crippen molar-refractivity contribution in [1.29, 1.82) is 0 Å². The number of furan rings is 1. The molecule has 2 aromatic heterocycles. The number of rotatable bonds is 5. The van der Waals surface area contributed by atoms with Gasteiger partial charge in [0, 0.05) is 31.9 Å². The van der Waals surface area contributed by atoms with E-state index in [0.29, 0.717) is 11.2 Å². The molecule has 5 nitrogen and oxygen atoms in total. The van der Waals surface area contributed by atoms with Gasteiger partial charge in [0.2, 0.25) is 0 Å². The van der Waals surface area contributed by atoms with E-state index < -0.39 is 0 Å². The summed E-state index contributed by atoms with van der Waals surface area (Å²) in [7, 11) is 3.93. The summed E-state index contributed by atoms with van der Waals surface area (Å²) in [6, 6.07) is 1.98. The largest absolute Gasteiger partial charge is 0.451 e. The number of halogens is 2. The molecular formula is C12H16Br2N4O. The molecule has 2 heterocycles. The third kappa shape index (κ3) is 3.47. The zero-order chi connectivity index (χ0) is 14.0. The molecule has 1 unspecified atom stereocenters. The molecule has 2 rings (SSSR count). The van der Waals surface area contributed by atoms with Gasteiger partial charge in [0.1, 0.15) is 5.76 Å². The minimum Gasteiger partial charge on any atom is -0.451 e. The first kappa shape index (κ1) is 14.8. The normalized spacial score (nSPS) is 13.2. The van der Waals surface area contributed by atoms with Gasteiger partial charge in [-0.25, -0.2) is 0 Å². The third-order valence-electron chi connectivity index (χ3n) is 2.94. The molecule has 19 heavy (non-hydrogen) atoms. The van der Waals surface area contributed by atoms with Crippen LogP contribution in [0.2, 0.25) is 0 Å². The van der Waals surface area contributed by atoms with E-state index in [9.17, 15) is 0 Å². The van der Waals surface area contributed by atoms with E-state index in [4.69, 9.17) is 10.2 Å². The van der Waals surface area contributed by atoms with Crippen molar-refractivity contribution in [2.24, 2.45) is 12.8 Å². The molecule has 0 saturated carbocycles. The van der Waals surface area contributed by atoms with Crippen LogP contribution in [-0.4, -0.2) is 28.3 Å². The second kappa shape index (κ2) is 6.21. The van der Waals surface area contributed by atoms with Crippen molar-refractivity contribution in [3.8, 4) is 0 Å². The number of likely N-dealkylation sites (N-methyl/N-ethyl adjacent to an activating group) is 1. The number of nitrogens with zero attached hydrogens (tertiary/aromatic N) is 3. The lowest BCUT2D eigenvalue weighted by Crippen LogP contribution is -2.29. The van der Waals surface area contributed by atoms with Gasteiger partial charge in [0.05, 0.1) is 16.7 Å². The summed E-state index contributed by atoms with van der Waals surface area (Å²) in [4.78, 5) is 2.15. The van der Waals surface area contributed by atoms with Crippen LogP contribution in [0.5, 0.6) is 0 Å². The summed E-state index contributed by atoms with van der Waals surface area (Å²) in [5, 5.41) is 4.17. The molecule has 0 radical (unpaired) electrons. The van der Waals surface area contributed by atoms with Gasteiger partial charge in [-0.3, -0.25) is 9.58 Å². The highest BCUT2D eigenvalue weighted by atomic mass is 79.9. The number of hydrogen-bond acceptors (Lipinski definition) is 4. The van der Waals surface area contributed by atoms with Crippen molar-refractivity contribution < 1.29 is 4.42 Å². The summed E-state index contributed by atoms with van der Waals surface area (Å²) in [5.41, 5.74) is 7.02. The Morgan fingerprint density at radius 2 is 2.26 bits per heavy atom. The molecule has 2 N–H and O–H groups in total. The maximum absolute atomic E-state index is 5.87. The minimum absolute atomic E-state index is 0.0304. The van der Waals surface area contributed by atoms with Gasteiger partial charge < -0.3 is 10.2 Å². The molecule has 0 aliphatic heterocycles. The van der Waals surface area contributed by atoms with E-state index >= 15 is 0 Å². The predicted octanol–water partition coefficient (Wildman–Crippen LogP) is 2.67. The maximum atomic E-state index is 5.87. The molecule has 0 spiro atoms. The molecule has 104 valence electrons. The lowest BCUT2D eigenvalue weighted by atomic mass is 10.2. The van der Waals surface area contributed by atoms with Crippen molar-refractivity contribution in [2.75, 3.05) is 13.6 Å². The molecule has 0 saturated heterocycles. The van der Waals surface area contributed by atoms with E-state index in [1.807, 2.05) is 32.6 Å². The number of hydrogen-bond donors (Lipinski definition) is 1. The molecule has 0 bridgehead atoms. The highest BCUT2D eigenvalue weighted by Crippen LogP contribution is 2.31. The number of nitrogens with two attached hydrogens (primary N) is 1. The van der Waals surface area contributed by atoms with Crippen molar-refractivity contribution >= 4 is 31.9 Å². The quantitative estimate of drug-likeness (QED) is 0.851. The van der Waals surface area contributed by atoms with E-state index in [0.717, 1.165) is 22.3 Å². The fourth-order valence-electron chi connectivity index (χ4n) is 1.99. The first-order valence-corrected chi connectivity index (χ1v) is 7.42. The summed E-state index contributed by atoms with van der Waals surface area (Å²) in [6.07, 6.45) is 3.86. The van der Waals surface area contributed by atoms with Crippen LogP contribution < -0.4 is 5.73 Å². The average Bonchev–Trinajstić information content (AvgIpc) is 2.88. The van der Waals surface area contributed by atoms with Crippen LogP contribution in [0.15, 0.2) is 32.0 Å². The van der Waals surface area contributed by atoms with Crippen molar-refractivity contribution in [3.05, 3.63) is 38.9 Å². The Bertz CT molecular complexity index is 532. The summed E-state index contributed by atoms with van der Waals surface area (Å²) < 4.78 is 9.04. The molecule has 0 aliphatic rings. The zero-order valence-electron chi connectivity index (χ0n) is 10.8. The highest BCUT2D eigenvalue weighted by Gasteiger charge is 2.21. The van der Waals surface area contributed by atoms with Gasteiger partial charge in [0.15, 0.2) is 4.67 Å². The van der Waals surface area contributed by atoms with E-state index in [1.54, 1.807) is 4.68 Å². The van der Waals surface area contributed by atoms with Crippen LogP contribution >= 0.6 is 31.9 Å². The smallest absolute Gasteiger partial charge is 0.183 e. The Morgan fingerprint density at radius 3 is 2.74 bits per heavy atom. The van der Waals surface area contributed by atoms with Crippen LogP contribution in [-0.2, 0) is 13.6 Å².